The topological polar surface area (TPSA) is 79.2 Å². The largest absolute Gasteiger partial charge is 0.394 e. The minimum absolute atomic E-state index is 0.125. The van der Waals surface area contributed by atoms with E-state index < -0.39 is 0 Å². The Labute approximate surface area is 118 Å². The molecule has 0 aliphatic heterocycles. The van der Waals surface area contributed by atoms with Crippen LogP contribution in [0.15, 0.2) is 0 Å². The Morgan fingerprint density at radius 1 is 0.632 bits per heavy atom. The molecule has 0 fully saturated rings. The number of unbranched alkanes of at least 4 members (excludes halogenated alkanes) is 2. The molecule has 0 unspecified atom stereocenters. The average Bonchev–Trinajstić information content (AvgIpc) is 2.46. The van der Waals surface area contributed by atoms with Gasteiger partial charge in [-0.25, -0.2) is 0 Å². The second-order valence-electron chi connectivity index (χ2n) is 3.69. The molecule has 3 N–H and O–H groups in total. The van der Waals surface area contributed by atoms with Crippen LogP contribution in [-0.2, 0) is 9.47 Å². The highest BCUT2D eigenvalue weighted by molar-refractivity contribution is 4.33. The van der Waals surface area contributed by atoms with E-state index >= 15 is 0 Å². The van der Waals surface area contributed by atoms with Crippen molar-refractivity contribution in [3.05, 3.63) is 0 Å². The summed E-state index contributed by atoms with van der Waals surface area (Å²) in [4.78, 5) is 0. The Hall–Kier alpha value is -0.200. The molecule has 0 aromatic rings. The number of aliphatic hydroxyl groups excluding tert-OH is 3. The number of ether oxygens (including phenoxy) is 2. The molecule has 0 bridgehead atoms. The van der Waals surface area contributed by atoms with Crippen LogP contribution < -0.4 is 0 Å². The second kappa shape index (κ2) is 30.7. The summed E-state index contributed by atoms with van der Waals surface area (Å²) in [7, 11) is 0. The van der Waals surface area contributed by atoms with Crippen LogP contribution in [0.5, 0.6) is 0 Å². The smallest absolute Gasteiger partial charge is 0.0697 e. The van der Waals surface area contributed by atoms with Crippen molar-refractivity contribution in [3.63, 3.8) is 0 Å². The molecule has 0 saturated carbocycles. The molecule has 0 aromatic heterocycles. The maximum atomic E-state index is 8.07. The SMILES string of the molecule is CCCCOCCCC.CCOCCO.OCCO. The van der Waals surface area contributed by atoms with Gasteiger partial charge in [0.1, 0.15) is 0 Å². The zero-order valence-corrected chi connectivity index (χ0v) is 12.9. The van der Waals surface area contributed by atoms with Crippen molar-refractivity contribution in [2.75, 3.05) is 46.2 Å². The summed E-state index contributed by atoms with van der Waals surface area (Å²) >= 11 is 0. The van der Waals surface area contributed by atoms with Gasteiger partial charge in [0.15, 0.2) is 0 Å². The van der Waals surface area contributed by atoms with Crippen LogP contribution in [-0.4, -0.2) is 61.6 Å². The van der Waals surface area contributed by atoms with E-state index in [4.69, 9.17) is 24.8 Å². The number of aliphatic hydroxyl groups is 3. The minimum atomic E-state index is -0.125. The van der Waals surface area contributed by atoms with E-state index in [0.29, 0.717) is 13.2 Å². The van der Waals surface area contributed by atoms with Crippen molar-refractivity contribution in [3.8, 4) is 0 Å². The van der Waals surface area contributed by atoms with Gasteiger partial charge < -0.3 is 24.8 Å². The van der Waals surface area contributed by atoms with Gasteiger partial charge in [-0.15, -0.1) is 0 Å². The van der Waals surface area contributed by atoms with Crippen molar-refractivity contribution >= 4 is 0 Å². The van der Waals surface area contributed by atoms with Gasteiger partial charge in [-0.05, 0) is 19.8 Å². The first-order chi connectivity index (χ1) is 9.24. The molecule has 0 rings (SSSR count). The van der Waals surface area contributed by atoms with E-state index in [1.807, 2.05) is 6.92 Å². The lowest BCUT2D eigenvalue weighted by molar-refractivity contribution is 0.102. The van der Waals surface area contributed by atoms with Crippen molar-refractivity contribution in [2.45, 2.75) is 46.5 Å². The zero-order valence-electron chi connectivity index (χ0n) is 12.9. The molecule has 120 valence electrons. The fourth-order valence-electron chi connectivity index (χ4n) is 0.804. The third-order valence-corrected chi connectivity index (χ3v) is 1.82. The first-order valence-corrected chi connectivity index (χ1v) is 7.22. The fourth-order valence-corrected chi connectivity index (χ4v) is 0.804. The molecule has 0 aliphatic rings. The lowest BCUT2D eigenvalue weighted by Gasteiger charge is -1.99. The van der Waals surface area contributed by atoms with Gasteiger partial charge in [0.05, 0.1) is 26.4 Å². The van der Waals surface area contributed by atoms with Gasteiger partial charge in [-0.1, -0.05) is 26.7 Å². The summed E-state index contributed by atoms with van der Waals surface area (Å²) in [5, 5.41) is 23.3. The molecule has 5 heteroatoms. The maximum Gasteiger partial charge on any atom is 0.0697 e. The molecule has 0 atom stereocenters. The van der Waals surface area contributed by atoms with Gasteiger partial charge in [0.25, 0.3) is 0 Å². The van der Waals surface area contributed by atoms with Crippen LogP contribution in [0.4, 0.5) is 0 Å². The number of hydrogen-bond acceptors (Lipinski definition) is 5. The predicted molar refractivity (Wildman–Crippen MR) is 78.4 cm³/mol. The van der Waals surface area contributed by atoms with Gasteiger partial charge >= 0.3 is 0 Å². The van der Waals surface area contributed by atoms with Crippen LogP contribution in [0, 0.1) is 0 Å². The zero-order chi connectivity index (χ0) is 15.2. The molecule has 19 heavy (non-hydrogen) atoms. The van der Waals surface area contributed by atoms with Crippen molar-refractivity contribution < 1.29 is 24.8 Å². The summed E-state index contributed by atoms with van der Waals surface area (Å²) in [5.74, 6) is 0. The van der Waals surface area contributed by atoms with E-state index in [1.165, 1.54) is 25.7 Å². The Balaban J connectivity index is -0.000000222. The van der Waals surface area contributed by atoms with Gasteiger partial charge in [-0.2, -0.15) is 0 Å². The van der Waals surface area contributed by atoms with Gasteiger partial charge in [0, 0.05) is 19.8 Å². The van der Waals surface area contributed by atoms with Crippen LogP contribution in [0.1, 0.15) is 46.5 Å². The molecule has 0 saturated heterocycles. The second-order valence-corrected chi connectivity index (χ2v) is 3.69. The molecule has 0 amide bonds. The normalized spacial score (nSPS) is 9.16. The first kappa shape index (κ1) is 23.9. The molecule has 5 nitrogen and oxygen atoms in total. The van der Waals surface area contributed by atoms with E-state index in [0.717, 1.165) is 13.2 Å². The molecule has 0 heterocycles. The van der Waals surface area contributed by atoms with Crippen LogP contribution >= 0.6 is 0 Å². The first-order valence-electron chi connectivity index (χ1n) is 7.22. The fraction of sp³-hybridized carbons (Fsp3) is 1.00. The predicted octanol–water partition coefficient (Wildman–Crippen LogP) is 1.59. The van der Waals surface area contributed by atoms with E-state index in [9.17, 15) is 0 Å². The third-order valence-electron chi connectivity index (χ3n) is 1.82. The van der Waals surface area contributed by atoms with Gasteiger partial charge in [-0.3, -0.25) is 0 Å². The molecular weight excluding hydrogens is 248 g/mol. The maximum absolute atomic E-state index is 8.07. The van der Waals surface area contributed by atoms with Crippen LogP contribution in [0.3, 0.4) is 0 Å². The Bertz CT molecular complexity index is 100. The average molecular weight is 282 g/mol. The summed E-state index contributed by atoms with van der Waals surface area (Å²) in [6.07, 6.45) is 4.91. The lowest BCUT2D eigenvalue weighted by Crippen LogP contribution is -1.96. The highest BCUT2D eigenvalue weighted by atomic mass is 16.5. The van der Waals surface area contributed by atoms with E-state index in [2.05, 4.69) is 13.8 Å². The van der Waals surface area contributed by atoms with Crippen LogP contribution in [0.25, 0.3) is 0 Å². The monoisotopic (exact) mass is 282 g/mol. The molecule has 0 radical (unpaired) electrons. The third kappa shape index (κ3) is 46.3. The van der Waals surface area contributed by atoms with E-state index in [1.54, 1.807) is 0 Å². The lowest BCUT2D eigenvalue weighted by atomic mass is 10.3. The Morgan fingerprint density at radius 3 is 1.32 bits per heavy atom. The summed E-state index contributed by atoms with van der Waals surface area (Å²) in [5.41, 5.74) is 0. The summed E-state index contributed by atoms with van der Waals surface area (Å²) < 4.78 is 10.0. The minimum Gasteiger partial charge on any atom is -0.394 e. The Morgan fingerprint density at radius 2 is 1.11 bits per heavy atom. The van der Waals surface area contributed by atoms with Crippen molar-refractivity contribution in [1.82, 2.24) is 0 Å². The Kier molecular flexibility index (Phi) is 38.5. The number of hydrogen-bond donors (Lipinski definition) is 3. The van der Waals surface area contributed by atoms with Crippen molar-refractivity contribution in [2.24, 2.45) is 0 Å². The highest BCUT2D eigenvalue weighted by Crippen LogP contribution is 1.91. The molecule has 0 spiro atoms. The van der Waals surface area contributed by atoms with Gasteiger partial charge in [0.2, 0.25) is 0 Å². The van der Waals surface area contributed by atoms with Crippen LogP contribution in [0.2, 0.25) is 0 Å². The number of rotatable bonds is 10. The quantitative estimate of drug-likeness (QED) is 0.530. The van der Waals surface area contributed by atoms with Crippen molar-refractivity contribution in [1.29, 1.82) is 0 Å². The molecular formula is C14H34O5. The highest BCUT2D eigenvalue weighted by Gasteiger charge is 1.84. The standard InChI is InChI=1S/C8H18O.C4H10O2.C2H6O2/c1-3-5-7-9-8-6-4-2;1-2-6-4-3-5;3-1-2-4/h3-8H2,1-2H3;5H,2-4H2,1H3;3-4H,1-2H2. The van der Waals surface area contributed by atoms with E-state index in [-0.39, 0.29) is 19.8 Å². The molecule has 0 aromatic carbocycles. The molecule has 0 aliphatic carbocycles. The summed E-state index contributed by atoms with van der Waals surface area (Å²) in [6, 6.07) is 0. The summed E-state index contributed by atoms with van der Waals surface area (Å²) in [6.45, 7) is 9.22.